The van der Waals surface area contributed by atoms with Crippen LogP contribution >= 0.6 is 0 Å². The zero-order chi connectivity index (χ0) is 10.4. The lowest BCUT2D eigenvalue weighted by Crippen LogP contribution is -1.87. The van der Waals surface area contributed by atoms with E-state index >= 15 is 0 Å². The molecular weight excluding hydrogens is 190 g/mol. The number of aryl methyl sites for hydroxylation is 2. The first-order chi connectivity index (χ1) is 7.29. The summed E-state index contributed by atoms with van der Waals surface area (Å²) in [6.07, 6.45) is 3.64. The van der Waals surface area contributed by atoms with Crippen LogP contribution in [-0.2, 0) is 0 Å². The third-order valence-corrected chi connectivity index (χ3v) is 2.81. The Morgan fingerprint density at radius 1 is 1.13 bits per heavy atom. The van der Waals surface area contributed by atoms with Gasteiger partial charge in [-0.1, -0.05) is 0 Å². The van der Waals surface area contributed by atoms with E-state index in [9.17, 15) is 0 Å². The summed E-state index contributed by atoms with van der Waals surface area (Å²) in [6, 6.07) is 1.99. The van der Waals surface area contributed by atoms with Crippen molar-refractivity contribution in [1.82, 2.24) is 15.4 Å². The van der Waals surface area contributed by atoms with E-state index in [1.807, 2.05) is 26.1 Å². The maximum absolute atomic E-state index is 5.16. The summed E-state index contributed by atoms with van der Waals surface area (Å²) >= 11 is 0. The smallest absolute Gasteiger partial charge is 0.191 e. The molecule has 0 saturated heterocycles. The fourth-order valence-electron chi connectivity index (χ4n) is 1.95. The van der Waals surface area contributed by atoms with Crippen LogP contribution in [0.1, 0.15) is 11.1 Å². The van der Waals surface area contributed by atoms with Crippen molar-refractivity contribution in [1.29, 1.82) is 0 Å². The molecule has 3 aromatic rings. The molecule has 0 atom stereocenters. The molecule has 1 aromatic carbocycles. The van der Waals surface area contributed by atoms with E-state index in [2.05, 4.69) is 15.4 Å². The van der Waals surface area contributed by atoms with Crippen LogP contribution in [0, 0.1) is 13.8 Å². The van der Waals surface area contributed by atoms with Crippen LogP contribution in [-0.4, -0.2) is 15.4 Å². The van der Waals surface area contributed by atoms with Crippen molar-refractivity contribution in [2.24, 2.45) is 0 Å². The van der Waals surface area contributed by atoms with Crippen LogP contribution in [0.15, 0.2) is 23.0 Å². The van der Waals surface area contributed by atoms with Crippen molar-refractivity contribution < 1.29 is 4.52 Å². The minimum Gasteiger partial charge on any atom is -0.337 e. The molecule has 4 nitrogen and oxygen atoms in total. The van der Waals surface area contributed by atoms with E-state index in [1.54, 1.807) is 6.20 Å². The molecule has 4 heteroatoms. The van der Waals surface area contributed by atoms with Gasteiger partial charge in [0.1, 0.15) is 5.52 Å². The quantitative estimate of drug-likeness (QED) is 0.557. The summed E-state index contributed by atoms with van der Waals surface area (Å²) in [6.45, 7) is 4.02. The number of hydrogen-bond acceptors (Lipinski definition) is 4. The van der Waals surface area contributed by atoms with Crippen molar-refractivity contribution >= 4 is 21.9 Å². The van der Waals surface area contributed by atoms with Crippen LogP contribution in [0.5, 0.6) is 0 Å². The molecule has 0 aliphatic carbocycles. The Morgan fingerprint density at radius 3 is 2.87 bits per heavy atom. The van der Waals surface area contributed by atoms with Gasteiger partial charge in [-0.15, -0.1) is 5.10 Å². The molecule has 0 fully saturated rings. The summed E-state index contributed by atoms with van der Waals surface area (Å²) in [7, 11) is 0. The first-order valence-electron chi connectivity index (χ1n) is 4.74. The van der Waals surface area contributed by atoms with Gasteiger partial charge in [0.05, 0.1) is 0 Å². The van der Waals surface area contributed by atoms with Gasteiger partial charge in [0.2, 0.25) is 0 Å². The van der Waals surface area contributed by atoms with Crippen LogP contribution < -0.4 is 0 Å². The fourth-order valence-corrected chi connectivity index (χ4v) is 1.95. The highest BCUT2D eigenvalue weighted by molar-refractivity contribution is 6.00. The van der Waals surface area contributed by atoms with Gasteiger partial charge in [0, 0.05) is 28.6 Å². The highest BCUT2D eigenvalue weighted by Gasteiger charge is 2.12. The first-order valence-corrected chi connectivity index (χ1v) is 4.74. The average Bonchev–Trinajstić information content (AvgIpc) is 2.75. The Hall–Kier alpha value is -1.97. The topological polar surface area (TPSA) is 51.8 Å². The molecule has 0 radical (unpaired) electrons. The fraction of sp³-hybridized carbons (Fsp3) is 0.182. The molecule has 0 saturated carbocycles. The lowest BCUT2D eigenvalue weighted by Gasteiger charge is -2.04. The molecule has 2 heterocycles. The van der Waals surface area contributed by atoms with Gasteiger partial charge in [0.25, 0.3) is 0 Å². The Labute approximate surface area is 85.9 Å². The highest BCUT2D eigenvalue weighted by Crippen LogP contribution is 2.29. The Morgan fingerprint density at radius 2 is 2.00 bits per heavy atom. The minimum atomic E-state index is 0.770. The van der Waals surface area contributed by atoms with Gasteiger partial charge in [0.15, 0.2) is 5.58 Å². The molecular formula is C11H9N3O. The van der Waals surface area contributed by atoms with Crippen LogP contribution in [0.25, 0.3) is 21.9 Å². The maximum atomic E-state index is 5.16. The molecule has 0 aliphatic heterocycles. The first kappa shape index (κ1) is 8.35. The largest absolute Gasteiger partial charge is 0.337 e. The summed E-state index contributed by atoms with van der Waals surface area (Å²) < 4.78 is 5.16. The number of benzene rings is 1. The molecule has 0 bridgehead atoms. The van der Waals surface area contributed by atoms with Gasteiger partial charge in [-0.2, -0.15) is 0 Å². The van der Waals surface area contributed by atoms with Gasteiger partial charge in [-0.05, 0) is 30.9 Å². The number of nitrogens with zero attached hydrogens (tertiary/aromatic N) is 3. The standard InChI is InChI=1S/C11H9N3O/c1-6-9-5-12-4-3-8(9)7(2)11-10(6)13-14-15-11/h3-5H,1-2H3. The van der Waals surface area contributed by atoms with Crippen LogP contribution in [0.3, 0.4) is 0 Å². The van der Waals surface area contributed by atoms with Crippen molar-refractivity contribution in [2.45, 2.75) is 13.8 Å². The summed E-state index contributed by atoms with van der Waals surface area (Å²) in [5.41, 5.74) is 3.73. The van der Waals surface area contributed by atoms with E-state index in [0.717, 1.165) is 33.0 Å². The van der Waals surface area contributed by atoms with E-state index < -0.39 is 0 Å². The zero-order valence-corrected chi connectivity index (χ0v) is 8.48. The van der Waals surface area contributed by atoms with E-state index in [1.165, 1.54) is 0 Å². The van der Waals surface area contributed by atoms with Gasteiger partial charge < -0.3 is 4.52 Å². The maximum Gasteiger partial charge on any atom is 0.191 e. The molecule has 0 amide bonds. The van der Waals surface area contributed by atoms with Crippen LogP contribution in [0.2, 0.25) is 0 Å². The monoisotopic (exact) mass is 199 g/mol. The third-order valence-electron chi connectivity index (χ3n) is 2.81. The predicted molar refractivity (Wildman–Crippen MR) is 56.6 cm³/mol. The van der Waals surface area contributed by atoms with Crippen LogP contribution in [0.4, 0.5) is 0 Å². The third kappa shape index (κ3) is 0.986. The second kappa shape index (κ2) is 2.76. The number of hydrogen-bond donors (Lipinski definition) is 0. The van der Waals surface area contributed by atoms with E-state index in [-0.39, 0.29) is 0 Å². The Balaban J connectivity index is 2.69. The minimum absolute atomic E-state index is 0.770. The van der Waals surface area contributed by atoms with E-state index in [4.69, 9.17) is 4.52 Å². The molecule has 0 aliphatic rings. The number of fused-ring (bicyclic) bond motifs is 2. The Bertz CT molecular complexity index is 602. The molecule has 15 heavy (non-hydrogen) atoms. The molecule has 0 N–H and O–H groups in total. The average molecular weight is 199 g/mol. The summed E-state index contributed by atoms with van der Waals surface area (Å²) in [5, 5.41) is 9.84. The number of aromatic nitrogens is 3. The van der Waals surface area contributed by atoms with Gasteiger partial charge in [-0.3, -0.25) is 4.98 Å². The number of rotatable bonds is 0. The Kier molecular flexibility index (Phi) is 1.54. The summed E-state index contributed by atoms with van der Waals surface area (Å²) in [4.78, 5) is 4.13. The molecule has 3 rings (SSSR count). The SMILES string of the molecule is Cc1c2cnccc2c(C)c2onnc12. The second-order valence-electron chi connectivity index (χ2n) is 3.62. The molecule has 0 spiro atoms. The van der Waals surface area contributed by atoms with Crippen molar-refractivity contribution in [2.75, 3.05) is 0 Å². The van der Waals surface area contributed by atoms with Crippen molar-refractivity contribution in [3.05, 3.63) is 29.6 Å². The van der Waals surface area contributed by atoms with Crippen molar-refractivity contribution in [3.63, 3.8) is 0 Å². The summed E-state index contributed by atoms with van der Waals surface area (Å²) in [5.74, 6) is 0. The normalized spacial score (nSPS) is 11.3. The van der Waals surface area contributed by atoms with Gasteiger partial charge >= 0.3 is 0 Å². The lowest BCUT2D eigenvalue weighted by atomic mass is 10.0. The molecule has 0 unspecified atom stereocenters. The lowest BCUT2D eigenvalue weighted by molar-refractivity contribution is 0.423. The zero-order valence-electron chi connectivity index (χ0n) is 8.48. The highest BCUT2D eigenvalue weighted by atomic mass is 16.5. The second-order valence-corrected chi connectivity index (χ2v) is 3.62. The molecule has 74 valence electrons. The van der Waals surface area contributed by atoms with Crippen molar-refractivity contribution in [3.8, 4) is 0 Å². The predicted octanol–water partition coefficient (Wildman–Crippen LogP) is 2.39. The van der Waals surface area contributed by atoms with Gasteiger partial charge in [-0.25, -0.2) is 0 Å². The van der Waals surface area contributed by atoms with E-state index in [0.29, 0.717) is 0 Å². The molecule has 2 aromatic heterocycles. The number of pyridine rings is 1.